The van der Waals surface area contributed by atoms with Crippen LogP contribution in [-0.2, 0) is 0 Å². The van der Waals surface area contributed by atoms with Crippen molar-refractivity contribution in [3.63, 3.8) is 0 Å². The molecule has 1 heterocycles. The van der Waals surface area contributed by atoms with Crippen LogP contribution in [-0.4, -0.2) is 19.6 Å². The molecular formula is C13H20AsN. The Balaban J connectivity index is 2.08. The van der Waals surface area contributed by atoms with Gasteiger partial charge in [0.25, 0.3) is 0 Å². The molecule has 1 aromatic rings. The Bertz CT molecular complexity index is 297. The molecule has 1 fully saturated rings. The maximum absolute atomic E-state index is 4.11. The summed E-state index contributed by atoms with van der Waals surface area (Å²) in [7, 11) is 0. The third kappa shape index (κ3) is 2.84. The summed E-state index contributed by atoms with van der Waals surface area (Å²) >= 11 is -0.463. The first-order valence-corrected chi connectivity index (χ1v) is 10.9. The molecule has 0 N–H and O–H groups in total. The van der Waals surface area contributed by atoms with E-state index < -0.39 is 14.7 Å². The Morgan fingerprint density at radius 2 is 2.00 bits per heavy atom. The molecule has 15 heavy (non-hydrogen) atoms. The van der Waals surface area contributed by atoms with Gasteiger partial charge in [-0.15, -0.1) is 0 Å². The first-order valence-electron chi connectivity index (χ1n) is 5.82. The Morgan fingerprint density at radius 1 is 1.27 bits per heavy atom. The van der Waals surface area contributed by atoms with Gasteiger partial charge in [0.05, 0.1) is 0 Å². The van der Waals surface area contributed by atoms with Gasteiger partial charge in [0.2, 0.25) is 0 Å². The molecule has 0 spiro atoms. The molecule has 0 aliphatic heterocycles. The van der Waals surface area contributed by atoms with Crippen LogP contribution in [0.5, 0.6) is 0 Å². The molecule has 0 amide bonds. The fourth-order valence-corrected chi connectivity index (χ4v) is 5.66. The van der Waals surface area contributed by atoms with E-state index in [1.807, 2.05) is 12.4 Å². The van der Waals surface area contributed by atoms with Crippen LogP contribution in [0.15, 0.2) is 24.5 Å². The Kier molecular flexibility index (Phi) is 3.86. The molecule has 2 unspecified atom stereocenters. The van der Waals surface area contributed by atoms with E-state index in [0.29, 0.717) is 0 Å². The molecule has 1 aliphatic carbocycles. The van der Waals surface area contributed by atoms with Gasteiger partial charge in [0.15, 0.2) is 0 Å². The van der Waals surface area contributed by atoms with Crippen LogP contribution >= 0.6 is 0 Å². The topological polar surface area (TPSA) is 12.9 Å². The molecule has 0 aromatic carbocycles. The molecule has 82 valence electrons. The molecular weight excluding hydrogens is 245 g/mol. The molecule has 2 rings (SSSR count). The summed E-state index contributed by atoms with van der Waals surface area (Å²) in [6, 6.07) is 4.43. The van der Waals surface area contributed by atoms with Crippen LogP contribution in [0.2, 0.25) is 16.6 Å². The predicted molar refractivity (Wildman–Crippen MR) is 66.6 cm³/mol. The first-order chi connectivity index (χ1) is 7.27. The molecule has 0 radical (unpaired) electrons. The van der Waals surface area contributed by atoms with Crippen LogP contribution in [0, 0.1) is 5.92 Å². The quantitative estimate of drug-likeness (QED) is 0.759. The first kappa shape index (κ1) is 11.2. The van der Waals surface area contributed by atoms with Crippen molar-refractivity contribution in [1.82, 2.24) is 4.98 Å². The number of nitrogens with zero attached hydrogens (tertiary/aromatic N) is 1. The summed E-state index contributed by atoms with van der Waals surface area (Å²) in [5.41, 5.74) is 6.49. The van der Waals surface area contributed by atoms with E-state index >= 15 is 0 Å². The van der Waals surface area contributed by atoms with Gasteiger partial charge in [-0.3, -0.25) is 0 Å². The van der Waals surface area contributed by atoms with Gasteiger partial charge < -0.3 is 0 Å². The minimum absolute atomic E-state index is 0.463. The van der Waals surface area contributed by atoms with Crippen LogP contribution in [0.1, 0.15) is 30.7 Å². The molecule has 2 heteroatoms. The van der Waals surface area contributed by atoms with Gasteiger partial charge in [0.1, 0.15) is 0 Å². The SMILES string of the molecule is C[As](C)CC1CCCC1c1ccncc1. The van der Waals surface area contributed by atoms with Crippen molar-refractivity contribution in [3.05, 3.63) is 30.1 Å². The second-order valence-corrected chi connectivity index (χ2v) is 10.1. The maximum atomic E-state index is 4.11. The van der Waals surface area contributed by atoms with E-state index in [-0.39, 0.29) is 0 Å². The average Bonchev–Trinajstić information content (AvgIpc) is 2.66. The van der Waals surface area contributed by atoms with Crippen LogP contribution < -0.4 is 0 Å². The minimum atomic E-state index is -0.463. The van der Waals surface area contributed by atoms with Crippen molar-refractivity contribution in [2.75, 3.05) is 0 Å². The number of pyridine rings is 1. The van der Waals surface area contributed by atoms with Crippen LogP contribution in [0.4, 0.5) is 0 Å². The van der Waals surface area contributed by atoms with Gasteiger partial charge in [0, 0.05) is 0 Å². The zero-order chi connectivity index (χ0) is 10.7. The Labute approximate surface area is 97.6 Å². The number of hydrogen-bond acceptors (Lipinski definition) is 1. The standard InChI is InChI=1S/C13H20AsN/c1-14(2)10-12-4-3-5-13(12)11-6-8-15-9-7-11/h6-9,12-13H,3-5,10H2,1-2H3. The monoisotopic (exact) mass is 265 g/mol. The van der Waals surface area contributed by atoms with Crippen molar-refractivity contribution >= 4 is 14.7 Å². The molecule has 1 saturated carbocycles. The second-order valence-electron chi connectivity index (χ2n) is 4.84. The second kappa shape index (κ2) is 5.16. The molecule has 2 atom stereocenters. The summed E-state index contributed by atoms with van der Waals surface area (Å²) in [5, 5.41) is 1.53. The van der Waals surface area contributed by atoms with E-state index in [0.717, 1.165) is 11.8 Å². The summed E-state index contributed by atoms with van der Waals surface area (Å²) < 4.78 is 0. The molecule has 1 aliphatic rings. The number of rotatable bonds is 3. The third-order valence-electron chi connectivity index (χ3n) is 3.39. The molecule has 0 saturated heterocycles. The summed E-state index contributed by atoms with van der Waals surface area (Å²) in [4.78, 5) is 4.11. The summed E-state index contributed by atoms with van der Waals surface area (Å²) in [5.74, 6) is 1.81. The fourth-order valence-electron chi connectivity index (χ4n) is 2.77. The van der Waals surface area contributed by atoms with Crippen LogP contribution in [0.3, 0.4) is 0 Å². The van der Waals surface area contributed by atoms with E-state index in [9.17, 15) is 0 Å². The third-order valence-corrected chi connectivity index (χ3v) is 5.91. The average molecular weight is 265 g/mol. The Morgan fingerprint density at radius 3 is 2.67 bits per heavy atom. The number of hydrogen-bond donors (Lipinski definition) is 0. The van der Waals surface area contributed by atoms with E-state index in [1.54, 1.807) is 0 Å². The van der Waals surface area contributed by atoms with Crippen LogP contribution in [0.25, 0.3) is 0 Å². The summed E-state index contributed by atoms with van der Waals surface area (Å²) in [6.45, 7) is 0. The Hall–Kier alpha value is -0.292. The van der Waals surface area contributed by atoms with Crippen molar-refractivity contribution in [3.8, 4) is 0 Å². The van der Waals surface area contributed by atoms with E-state index in [1.165, 1.54) is 30.0 Å². The van der Waals surface area contributed by atoms with Crippen molar-refractivity contribution in [1.29, 1.82) is 0 Å². The van der Waals surface area contributed by atoms with E-state index in [4.69, 9.17) is 0 Å². The zero-order valence-corrected chi connectivity index (χ0v) is 11.6. The van der Waals surface area contributed by atoms with E-state index in [2.05, 4.69) is 28.5 Å². The fraction of sp³-hybridized carbons (Fsp3) is 0.615. The van der Waals surface area contributed by atoms with Gasteiger partial charge in [-0.2, -0.15) is 0 Å². The van der Waals surface area contributed by atoms with Crippen molar-refractivity contribution in [2.24, 2.45) is 5.92 Å². The normalized spacial score (nSPS) is 26.1. The molecule has 0 bridgehead atoms. The zero-order valence-electron chi connectivity index (χ0n) is 9.69. The van der Waals surface area contributed by atoms with Gasteiger partial charge in [-0.1, -0.05) is 0 Å². The molecule has 1 aromatic heterocycles. The molecule has 1 nitrogen and oxygen atoms in total. The predicted octanol–water partition coefficient (Wildman–Crippen LogP) is 3.72. The van der Waals surface area contributed by atoms with Gasteiger partial charge in [-0.05, 0) is 0 Å². The van der Waals surface area contributed by atoms with Crippen molar-refractivity contribution < 1.29 is 0 Å². The van der Waals surface area contributed by atoms with Gasteiger partial charge >= 0.3 is 97.5 Å². The van der Waals surface area contributed by atoms with Gasteiger partial charge in [-0.25, -0.2) is 0 Å². The summed E-state index contributed by atoms with van der Waals surface area (Å²) in [6.07, 6.45) is 8.17. The van der Waals surface area contributed by atoms with Crippen molar-refractivity contribution in [2.45, 2.75) is 41.8 Å². The number of aromatic nitrogens is 1.